The number of nitrogens with one attached hydrogen (secondary N) is 2. The Labute approximate surface area is 169 Å². The Morgan fingerprint density at radius 1 is 1.30 bits per heavy atom. The van der Waals surface area contributed by atoms with Crippen molar-refractivity contribution in [3.05, 3.63) is 77.5 Å². The number of hydrogen-bond acceptors (Lipinski definition) is 6. The van der Waals surface area contributed by atoms with Crippen molar-refractivity contribution < 1.29 is 18.3 Å². The lowest BCUT2D eigenvalue weighted by atomic mass is 10.1. The number of rotatable bonds is 4. The van der Waals surface area contributed by atoms with Crippen molar-refractivity contribution in [2.45, 2.75) is 0 Å². The van der Waals surface area contributed by atoms with Crippen LogP contribution in [0, 0.1) is 22.6 Å². The standard InChI is InChI=1S/C21H14FN5O3/c1-29-17-4-2-3-12-9-15(19(24)30-18(12)17)21(28)26-20-16(10-23)25-11-27(20)14-7-5-13(22)6-8-14/h2-9,11,24H,1H3,(H,26,28). The highest BCUT2D eigenvalue weighted by molar-refractivity contribution is 6.05. The number of ether oxygens (including phenoxy) is 1. The van der Waals surface area contributed by atoms with Crippen molar-refractivity contribution in [1.29, 1.82) is 10.7 Å². The molecule has 0 aliphatic rings. The average molecular weight is 403 g/mol. The number of hydrogen-bond donors (Lipinski definition) is 2. The smallest absolute Gasteiger partial charge is 0.262 e. The average Bonchev–Trinajstić information content (AvgIpc) is 3.15. The monoisotopic (exact) mass is 403 g/mol. The first-order chi connectivity index (χ1) is 14.5. The molecule has 0 unspecified atom stereocenters. The van der Waals surface area contributed by atoms with Crippen molar-refractivity contribution in [2.75, 3.05) is 12.4 Å². The zero-order valence-corrected chi connectivity index (χ0v) is 15.6. The summed E-state index contributed by atoms with van der Waals surface area (Å²) >= 11 is 0. The normalized spacial score (nSPS) is 10.6. The number of amides is 1. The maximum atomic E-state index is 13.2. The number of benzene rings is 2. The van der Waals surface area contributed by atoms with Crippen molar-refractivity contribution >= 4 is 22.7 Å². The van der Waals surface area contributed by atoms with E-state index in [0.29, 0.717) is 22.4 Å². The van der Waals surface area contributed by atoms with E-state index in [1.165, 1.54) is 48.3 Å². The lowest BCUT2D eigenvalue weighted by Gasteiger charge is -2.11. The van der Waals surface area contributed by atoms with E-state index < -0.39 is 11.7 Å². The van der Waals surface area contributed by atoms with Gasteiger partial charge in [0.2, 0.25) is 5.55 Å². The Kier molecular flexibility index (Phi) is 4.74. The number of halogens is 1. The molecular weight excluding hydrogens is 389 g/mol. The Hall–Kier alpha value is -4.45. The molecule has 0 fully saturated rings. The Morgan fingerprint density at radius 3 is 2.77 bits per heavy atom. The molecule has 30 heavy (non-hydrogen) atoms. The SMILES string of the molecule is COc1cccc2cc(C(=O)Nc3c(C#N)ncn3-c3ccc(F)cc3)c(=N)oc12. The summed E-state index contributed by atoms with van der Waals surface area (Å²) in [5.74, 6) is -0.542. The van der Waals surface area contributed by atoms with E-state index in [2.05, 4.69) is 10.3 Å². The van der Waals surface area contributed by atoms with Crippen LogP contribution in [0.25, 0.3) is 16.7 Å². The second-order valence-electron chi connectivity index (χ2n) is 6.22. The summed E-state index contributed by atoms with van der Waals surface area (Å²) < 4.78 is 25.4. The molecule has 2 aromatic heterocycles. The fourth-order valence-electron chi connectivity index (χ4n) is 2.99. The molecule has 0 aliphatic carbocycles. The first-order valence-electron chi connectivity index (χ1n) is 8.72. The number of fused-ring (bicyclic) bond motifs is 1. The van der Waals surface area contributed by atoms with E-state index in [9.17, 15) is 14.4 Å². The van der Waals surface area contributed by atoms with Crippen LogP contribution in [-0.4, -0.2) is 22.6 Å². The van der Waals surface area contributed by atoms with E-state index in [4.69, 9.17) is 14.6 Å². The van der Waals surface area contributed by atoms with E-state index in [1.54, 1.807) is 18.2 Å². The number of imidazole rings is 1. The van der Waals surface area contributed by atoms with Crippen molar-refractivity contribution in [1.82, 2.24) is 9.55 Å². The number of nitrogens with zero attached hydrogens (tertiary/aromatic N) is 3. The highest BCUT2D eigenvalue weighted by Gasteiger charge is 2.19. The molecule has 2 heterocycles. The first-order valence-corrected chi connectivity index (χ1v) is 8.72. The minimum absolute atomic E-state index is 0.0291. The number of aromatic nitrogens is 2. The molecule has 0 bridgehead atoms. The summed E-state index contributed by atoms with van der Waals surface area (Å²) in [6.45, 7) is 0. The van der Waals surface area contributed by atoms with Gasteiger partial charge in [-0.25, -0.2) is 9.37 Å². The van der Waals surface area contributed by atoms with E-state index in [0.717, 1.165) is 0 Å². The van der Waals surface area contributed by atoms with Crippen LogP contribution in [-0.2, 0) is 0 Å². The van der Waals surface area contributed by atoms with Crippen molar-refractivity contribution in [3.63, 3.8) is 0 Å². The molecule has 0 saturated heterocycles. The van der Waals surface area contributed by atoms with E-state index in [-0.39, 0.29) is 22.6 Å². The molecule has 8 nitrogen and oxygen atoms in total. The molecule has 2 aromatic carbocycles. The molecule has 0 spiro atoms. The maximum Gasteiger partial charge on any atom is 0.262 e. The molecular formula is C21H14FN5O3. The third-order valence-electron chi connectivity index (χ3n) is 4.43. The summed E-state index contributed by atoms with van der Waals surface area (Å²) in [4.78, 5) is 16.9. The van der Waals surface area contributed by atoms with Crippen LogP contribution in [0.15, 0.2) is 59.3 Å². The Morgan fingerprint density at radius 2 is 2.07 bits per heavy atom. The van der Waals surface area contributed by atoms with Crippen LogP contribution in [0.3, 0.4) is 0 Å². The minimum atomic E-state index is -0.658. The van der Waals surface area contributed by atoms with Crippen molar-refractivity contribution in [3.8, 4) is 17.5 Å². The fourth-order valence-corrected chi connectivity index (χ4v) is 2.99. The lowest BCUT2D eigenvalue weighted by Crippen LogP contribution is -2.22. The van der Waals surface area contributed by atoms with Gasteiger partial charge in [0.1, 0.15) is 23.8 Å². The van der Waals surface area contributed by atoms with Gasteiger partial charge in [0, 0.05) is 11.1 Å². The molecule has 9 heteroatoms. The van der Waals surface area contributed by atoms with Gasteiger partial charge in [-0.3, -0.25) is 14.8 Å². The number of methoxy groups -OCH3 is 1. The molecule has 0 saturated carbocycles. The number of carbonyl (C=O) groups is 1. The van der Waals surface area contributed by atoms with Gasteiger partial charge in [-0.15, -0.1) is 0 Å². The molecule has 0 atom stereocenters. The predicted molar refractivity (Wildman–Crippen MR) is 105 cm³/mol. The Balaban J connectivity index is 1.75. The van der Waals surface area contributed by atoms with Gasteiger partial charge >= 0.3 is 0 Å². The lowest BCUT2D eigenvalue weighted by molar-refractivity contribution is 0.102. The molecule has 4 aromatic rings. The van der Waals surface area contributed by atoms with Crippen LogP contribution in [0.4, 0.5) is 10.2 Å². The molecule has 2 N–H and O–H groups in total. The largest absolute Gasteiger partial charge is 0.493 e. The summed E-state index contributed by atoms with van der Waals surface area (Å²) in [5, 5.41) is 20.6. The number of anilines is 1. The van der Waals surface area contributed by atoms with Gasteiger partial charge in [-0.1, -0.05) is 12.1 Å². The number of nitriles is 1. The zero-order valence-electron chi connectivity index (χ0n) is 15.6. The third kappa shape index (κ3) is 3.27. The number of para-hydroxylation sites is 1. The van der Waals surface area contributed by atoms with E-state index in [1.807, 2.05) is 6.07 Å². The summed E-state index contributed by atoms with van der Waals surface area (Å²) in [7, 11) is 1.48. The fraction of sp³-hybridized carbons (Fsp3) is 0.0476. The first kappa shape index (κ1) is 18.9. The van der Waals surface area contributed by atoms with Crippen molar-refractivity contribution in [2.24, 2.45) is 0 Å². The minimum Gasteiger partial charge on any atom is -0.493 e. The van der Waals surface area contributed by atoms with Crippen LogP contribution >= 0.6 is 0 Å². The van der Waals surface area contributed by atoms with Gasteiger partial charge < -0.3 is 14.5 Å². The quantitative estimate of drug-likeness (QED) is 0.542. The van der Waals surface area contributed by atoms with Gasteiger partial charge in [-0.05, 0) is 36.4 Å². The predicted octanol–water partition coefficient (Wildman–Crippen LogP) is 3.37. The Bertz CT molecular complexity index is 1370. The molecule has 0 radical (unpaired) electrons. The molecule has 0 aliphatic heterocycles. The third-order valence-corrected chi connectivity index (χ3v) is 4.43. The van der Waals surface area contributed by atoms with Gasteiger partial charge in [0.15, 0.2) is 22.8 Å². The van der Waals surface area contributed by atoms with Crippen LogP contribution in [0.2, 0.25) is 0 Å². The van der Waals surface area contributed by atoms with Crippen LogP contribution in [0.1, 0.15) is 16.1 Å². The molecule has 1 amide bonds. The van der Waals surface area contributed by atoms with Crippen LogP contribution < -0.4 is 15.6 Å². The second-order valence-corrected chi connectivity index (χ2v) is 6.22. The number of carbonyl (C=O) groups excluding carboxylic acids is 1. The summed E-state index contributed by atoms with van der Waals surface area (Å²) in [5.41, 5.74) is 0.413. The van der Waals surface area contributed by atoms with Gasteiger partial charge in [-0.2, -0.15) is 5.26 Å². The zero-order chi connectivity index (χ0) is 21.3. The van der Waals surface area contributed by atoms with Gasteiger partial charge in [0.05, 0.1) is 7.11 Å². The highest BCUT2D eigenvalue weighted by atomic mass is 19.1. The molecule has 148 valence electrons. The summed E-state index contributed by atoms with van der Waals surface area (Å²) in [6, 6.07) is 14.0. The molecule has 4 rings (SSSR count). The van der Waals surface area contributed by atoms with Gasteiger partial charge in [0.25, 0.3) is 5.91 Å². The summed E-state index contributed by atoms with van der Waals surface area (Å²) in [6.07, 6.45) is 1.35. The topological polar surface area (TPSA) is 117 Å². The highest BCUT2D eigenvalue weighted by Crippen LogP contribution is 2.25. The second kappa shape index (κ2) is 7.52. The van der Waals surface area contributed by atoms with Crippen LogP contribution in [0.5, 0.6) is 5.75 Å². The maximum absolute atomic E-state index is 13.2. The van der Waals surface area contributed by atoms with E-state index >= 15 is 0 Å².